The SMILES string of the molecule is NC(=S)C(Cc1ccccc1)C(=O)N1CCCSCC1. The van der Waals surface area contributed by atoms with Crippen LogP contribution in [0.5, 0.6) is 0 Å². The van der Waals surface area contributed by atoms with E-state index < -0.39 is 0 Å². The monoisotopic (exact) mass is 308 g/mol. The molecule has 0 radical (unpaired) electrons. The summed E-state index contributed by atoms with van der Waals surface area (Å²) < 4.78 is 0. The fourth-order valence-corrected chi connectivity index (χ4v) is 3.42. The number of amides is 1. The van der Waals surface area contributed by atoms with E-state index in [1.54, 1.807) is 0 Å². The van der Waals surface area contributed by atoms with Crippen LogP contribution in [-0.4, -0.2) is 40.4 Å². The van der Waals surface area contributed by atoms with Gasteiger partial charge in [-0.15, -0.1) is 0 Å². The van der Waals surface area contributed by atoms with Gasteiger partial charge in [-0.05, 0) is 24.2 Å². The summed E-state index contributed by atoms with van der Waals surface area (Å²) in [6.45, 7) is 1.62. The lowest BCUT2D eigenvalue weighted by atomic mass is 9.97. The fraction of sp³-hybridized carbons (Fsp3) is 0.467. The number of nitrogens with two attached hydrogens (primary N) is 1. The topological polar surface area (TPSA) is 46.3 Å². The second-order valence-corrected chi connectivity index (χ2v) is 6.63. The molecule has 2 rings (SSSR count). The van der Waals surface area contributed by atoms with Crippen LogP contribution in [0.1, 0.15) is 12.0 Å². The van der Waals surface area contributed by atoms with Crippen molar-refractivity contribution in [1.82, 2.24) is 4.90 Å². The van der Waals surface area contributed by atoms with Crippen LogP contribution in [0, 0.1) is 5.92 Å². The van der Waals surface area contributed by atoms with Gasteiger partial charge in [0.2, 0.25) is 5.91 Å². The predicted molar refractivity (Wildman–Crippen MR) is 88.9 cm³/mol. The molecule has 1 fully saturated rings. The summed E-state index contributed by atoms with van der Waals surface area (Å²) in [6, 6.07) is 9.93. The number of thiocarbonyl (C=S) groups is 1. The minimum absolute atomic E-state index is 0.0869. The maximum Gasteiger partial charge on any atom is 0.232 e. The number of rotatable bonds is 4. The zero-order valence-electron chi connectivity index (χ0n) is 11.5. The molecule has 1 atom stereocenters. The van der Waals surface area contributed by atoms with Crippen LogP contribution >= 0.6 is 24.0 Å². The van der Waals surface area contributed by atoms with E-state index >= 15 is 0 Å². The molecule has 1 aliphatic heterocycles. The lowest BCUT2D eigenvalue weighted by Crippen LogP contribution is -2.43. The zero-order chi connectivity index (χ0) is 14.4. The predicted octanol–water partition coefficient (Wildman–Crippen LogP) is 2.10. The van der Waals surface area contributed by atoms with Crippen molar-refractivity contribution in [2.75, 3.05) is 24.6 Å². The summed E-state index contributed by atoms with van der Waals surface area (Å²) in [6.07, 6.45) is 1.64. The summed E-state index contributed by atoms with van der Waals surface area (Å²) in [4.78, 5) is 14.9. The Morgan fingerprint density at radius 1 is 1.30 bits per heavy atom. The Labute approximate surface area is 129 Å². The van der Waals surface area contributed by atoms with Gasteiger partial charge in [0, 0.05) is 18.8 Å². The fourth-order valence-electron chi connectivity index (χ4n) is 2.35. The number of hydrogen-bond acceptors (Lipinski definition) is 3. The Morgan fingerprint density at radius 3 is 2.75 bits per heavy atom. The molecule has 108 valence electrons. The van der Waals surface area contributed by atoms with E-state index in [1.807, 2.05) is 47.0 Å². The van der Waals surface area contributed by atoms with Crippen LogP contribution in [0.25, 0.3) is 0 Å². The van der Waals surface area contributed by atoms with E-state index in [4.69, 9.17) is 18.0 Å². The van der Waals surface area contributed by atoms with E-state index in [1.165, 1.54) is 0 Å². The lowest BCUT2D eigenvalue weighted by molar-refractivity contribution is -0.133. The number of nitrogens with zero attached hydrogens (tertiary/aromatic N) is 1. The molecule has 0 bridgehead atoms. The smallest absolute Gasteiger partial charge is 0.232 e. The Kier molecular flexibility index (Phi) is 5.86. The molecule has 1 heterocycles. The Bertz CT molecular complexity index is 456. The molecule has 0 spiro atoms. The first-order chi connectivity index (χ1) is 9.68. The van der Waals surface area contributed by atoms with E-state index in [9.17, 15) is 4.79 Å². The third kappa shape index (κ3) is 4.21. The maximum absolute atomic E-state index is 12.6. The molecule has 20 heavy (non-hydrogen) atoms. The van der Waals surface area contributed by atoms with Gasteiger partial charge in [-0.1, -0.05) is 42.5 Å². The van der Waals surface area contributed by atoms with Crippen LogP contribution in [0.2, 0.25) is 0 Å². The van der Waals surface area contributed by atoms with Gasteiger partial charge in [0.05, 0.1) is 10.9 Å². The van der Waals surface area contributed by atoms with Crippen LogP contribution in [-0.2, 0) is 11.2 Å². The maximum atomic E-state index is 12.6. The van der Waals surface area contributed by atoms with Crippen molar-refractivity contribution in [3.05, 3.63) is 35.9 Å². The molecule has 5 heteroatoms. The highest BCUT2D eigenvalue weighted by Crippen LogP contribution is 2.16. The van der Waals surface area contributed by atoms with Gasteiger partial charge in [0.1, 0.15) is 0 Å². The first kappa shape index (κ1) is 15.3. The highest BCUT2D eigenvalue weighted by molar-refractivity contribution is 7.99. The van der Waals surface area contributed by atoms with E-state index in [0.717, 1.165) is 36.6 Å². The molecular weight excluding hydrogens is 288 g/mol. The number of carbonyl (C=O) groups is 1. The second-order valence-electron chi connectivity index (χ2n) is 4.94. The second kappa shape index (κ2) is 7.64. The van der Waals surface area contributed by atoms with Gasteiger partial charge in [0.25, 0.3) is 0 Å². The van der Waals surface area contributed by atoms with Gasteiger partial charge in [-0.2, -0.15) is 11.8 Å². The molecule has 0 saturated carbocycles. The minimum Gasteiger partial charge on any atom is -0.393 e. The van der Waals surface area contributed by atoms with Crippen LogP contribution < -0.4 is 5.73 Å². The van der Waals surface area contributed by atoms with Crippen molar-refractivity contribution in [3.8, 4) is 0 Å². The standard InChI is InChI=1S/C15H20N2OS2/c16-14(19)13(11-12-5-2-1-3-6-12)15(18)17-7-4-9-20-10-8-17/h1-3,5-6,13H,4,7-11H2,(H2,16,19). The summed E-state index contributed by atoms with van der Waals surface area (Å²) in [5, 5.41) is 0. The van der Waals surface area contributed by atoms with Gasteiger partial charge in [0.15, 0.2) is 0 Å². The molecule has 3 nitrogen and oxygen atoms in total. The number of thioether (sulfide) groups is 1. The van der Waals surface area contributed by atoms with E-state index in [2.05, 4.69) is 0 Å². The third-order valence-electron chi connectivity index (χ3n) is 3.46. The van der Waals surface area contributed by atoms with E-state index in [0.29, 0.717) is 11.4 Å². The highest BCUT2D eigenvalue weighted by atomic mass is 32.2. The average Bonchev–Trinajstić information content (AvgIpc) is 2.74. The highest BCUT2D eigenvalue weighted by Gasteiger charge is 2.27. The van der Waals surface area contributed by atoms with Crippen LogP contribution in [0.15, 0.2) is 30.3 Å². The Balaban J connectivity index is 2.07. The van der Waals surface area contributed by atoms with Crippen molar-refractivity contribution < 1.29 is 4.79 Å². The van der Waals surface area contributed by atoms with Gasteiger partial charge in [-0.3, -0.25) is 4.79 Å². The molecule has 0 aromatic heterocycles. The molecule has 1 saturated heterocycles. The Morgan fingerprint density at radius 2 is 2.05 bits per heavy atom. The number of hydrogen-bond donors (Lipinski definition) is 1. The lowest BCUT2D eigenvalue weighted by Gasteiger charge is -2.25. The quantitative estimate of drug-likeness (QED) is 0.865. The average molecular weight is 308 g/mol. The van der Waals surface area contributed by atoms with Crippen molar-refractivity contribution >= 4 is 34.9 Å². The molecule has 2 N–H and O–H groups in total. The molecule has 1 unspecified atom stereocenters. The van der Waals surface area contributed by atoms with Gasteiger partial charge >= 0.3 is 0 Å². The largest absolute Gasteiger partial charge is 0.393 e. The first-order valence-corrected chi connectivity index (χ1v) is 8.44. The summed E-state index contributed by atoms with van der Waals surface area (Å²) in [7, 11) is 0. The van der Waals surface area contributed by atoms with Gasteiger partial charge in [-0.25, -0.2) is 0 Å². The summed E-state index contributed by atoms with van der Waals surface area (Å²) >= 11 is 7.02. The van der Waals surface area contributed by atoms with E-state index in [-0.39, 0.29) is 11.8 Å². The molecule has 0 aliphatic carbocycles. The van der Waals surface area contributed by atoms with Crippen LogP contribution in [0.3, 0.4) is 0 Å². The first-order valence-electron chi connectivity index (χ1n) is 6.88. The molecule has 1 amide bonds. The Hall–Kier alpha value is -1.07. The molecule has 1 aromatic rings. The summed E-state index contributed by atoms with van der Waals surface area (Å²) in [5.41, 5.74) is 6.91. The minimum atomic E-state index is -0.379. The molecule has 1 aliphatic rings. The van der Waals surface area contributed by atoms with Crippen molar-refractivity contribution in [1.29, 1.82) is 0 Å². The summed E-state index contributed by atoms with van der Waals surface area (Å²) in [5.74, 6) is 1.83. The normalized spacial score (nSPS) is 17.3. The zero-order valence-corrected chi connectivity index (χ0v) is 13.1. The van der Waals surface area contributed by atoms with Crippen molar-refractivity contribution in [2.45, 2.75) is 12.8 Å². The van der Waals surface area contributed by atoms with Crippen molar-refractivity contribution in [2.24, 2.45) is 11.7 Å². The molecular formula is C15H20N2OS2. The molecule has 1 aromatic carbocycles. The van der Waals surface area contributed by atoms with Crippen LogP contribution in [0.4, 0.5) is 0 Å². The number of benzene rings is 1. The number of carbonyl (C=O) groups excluding carboxylic acids is 1. The van der Waals surface area contributed by atoms with Gasteiger partial charge < -0.3 is 10.6 Å². The third-order valence-corrected chi connectivity index (χ3v) is 4.79. The van der Waals surface area contributed by atoms with Crippen molar-refractivity contribution in [3.63, 3.8) is 0 Å².